The van der Waals surface area contributed by atoms with Crippen LogP contribution in [0.4, 0.5) is 0 Å². The van der Waals surface area contributed by atoms with Gasteiger partial charge in [-0.1, -0.05) is 33.1 Å². The highest BCUT2D eigenvalue weighted by atomic mass is 16.5. The van der Waals surface area contributed by atoms with Gasteiger partial charge in [-0.15, -0.1) is 0 Å². The van der Waals surface area contributed by atoms with Crippen LogP contribution in [0.3, 0.4) is 0 Å². The van der Waals surface area contributed by atoms with Crippen molar-refractivity contribution in [3.8, 4) is 0 Å². The number of amides is 1. The molecule has 0 saturated carbocycles. The summed E-state index contributed by atoms with van der Waals surface area (Å²) in [5.74, 6) is -0.810. The lowest BCUT2D eigenvalue weighted by molar-refractivity contribution is -0.145. The maximum atomic E-state index is 12.1. The largest absolute Gasteiger partial charge is 0.481 e. The molecule has 0 aromatic carbocycles. The highest BCUT2D eigenvalue weighted by Crippen LogP contribution is 2.24. The molecule has 2 unspecified atom stereocenters. The Morgan fingerprint density at radius 3 is 2.50 bits per heavy atom. The molecule has 128 valence electrons. The summed E-state index contributed by atoms with van der Waals surface area (Å²) in [6, 6.07) is 0. The van der Waals surface area contributed by atoms with Gasteiger partial charge in [-0.25, -0.2) is 0 Å². The minimum Gasteiger partial charge on any atom is -0.481 e. The van der Waals surface area contributed by atoms with Crippen molar-refractivity contribution in [1.82, 2.24) is 5.32 Å². The molecule has 2 N–H and O–H groups in total. The molecule has 0 aromatic rings. The number of aliphatic carboxylic acids is 1. The minimum atomic E-state index is -0.815. The van der Waals surface area contributed by atoms with E-state index in [-0.39, 0.29) is 18.4 Å². The number of carbonyl (C=O) groups excluding carboxylic acids is 1. The predicted molar refractivity (Wildman–Crippen MR) is 85.6 cm³/mol. The van der Waals surface area contributed by atoms with Gasteiger partial charge in [-0.3, -0.25) is 9.59 Å². The number of carboxylic acids is 1. The number of carbonyl (C=O) groups is 2. The fourth-order valence-corrected chi connectivity index (χ4v) is 3.08. The smallest absolute Gasteiger partial charge is 0.308 e. The van der Waals surface area contributed by atoms with Gasteiger partial charge in [-0.2, -0.15) is 0 Å². The number of carboxylic acid groups (broad SMARTS) is 1. The van der Waals surface area contributed by atoms with E-state index in [4.69, 9.17) is 4.74 Å². The summed E-state index contributed by atoms with van der Waals surface area (Å²) < 4.78 is 5.28. The summed E-state index contributed by atoms with van der Waals surface area (Å²) in [7, 11) is 0. The zero-order valence-electron chi connectivity index (χ0n) is 14.0. The quantitative estimate of drug-likeness (QED) is 0.650. The van der Waals surface area contributed by atoms with Crippen molar-refractivity contribution in [1.29, 1.82) is 0 Å². The van der Waals surface area contributed by atoms with Crippen molar-refractivity contribution >= 4 is 11.9 Å². The fourth-order valence-electron chi connectivity index (χ4n) is 3.08. The van der Waals surface area contributed by atoms with Crippen LogP contribution in [0.25, 0.3) is 0 Å². The third-order valence-electron chi connectivity index (χ3n) is 4.69. The highest BCUT2D eigenvalue weighted by Gasteiger charge is 2.30. The van der Waals surface area contributed by atoms with Crippen molar-refractivity contribution in [3.05, 3.63) is 0 Å². The Hall–Kier alpha value is -1.10. The first-order valence-electron chi connectivity index (χ1n) is 8.65. The first-order chi connectivity index (χ1) is 10.6. The molecule has 1 fully saturated rings. The van der Waals surface area contributed by atoms with E-state index in [1.165, 1.54) is 0 Å². The number of unbranched alkanes of at least 4 members (excludes halogenated alkanes) is 1. The Balaban J connectivity index is 2.39. The molecule has 1 aliphatic rings. The van der Waals surface area contributed by atoms with Crippen LogP contribution in [-0.2, 0) is 14.3 Å². The Kier molecular flexibility index (Phi) is 9.13. The molecule has 1 saturated heterocycles. The molecular formula is C17H31NO4. The molecule has 0 bridgehead atoms. The molecular weight excluding hydrogens is 282 g/mol. The van der Waals surface area contributed by atoms with Gasteiger partial charge in [0.2, 0.25) is 5.91 Å². The topological polar surface area (TPSA) is 75.6 Å². The number of hydrogen-bond acceptors (Lipinski definition) is 3. The SMILES string of the molecule is CCCCC(CC)CC(=O)NCC(C(=O)O)C1CCOCC1. The van der Waals surface area contributed by atoms with Crippen LogP contribution in [0.5, 0.6) is 0 Å². The first-order valence-corrected chi connectivity index (χ1v) is 8.65. The van der Waals surface area contributed by atoms with Gasteiger partial charge in [0, 0.05) is 26.2 Å². The Labute approximate surface area is 133 Å². The molecule has 1 aliphatic heterocycles. The zero-order valence-corrected chi connectivity index (χ0v) is 14.0. The summed E-state index contributed by atoms with van der Waals surface area (Å²) in [5.41, 5.74) is 0. The van der Waals surface area contributed by atoms with Crippen LogP contribution in [0.1, 0.15) is 58.8 Å². The molecule has 22 heavy (non-hydrogen) atoms. The van der Waals surface area contributed by atoms with E-state index < -0.39 is 11.9 Å². The monoisotopic (exact) mass is 313 g/mol. The van der Waals surface area contributed by atoms with Crippen LogP contribution in [0.15, 0.2) is 0 Å². The standard InChI is InChI=1S/C17H31NO4/c1-3-5-6-13(4-2)11-16(19)18-12-15(17(20)21)14-7-9-22-10-8-14/h13-15H,3-12H2,1-2H3,(H,18,19)(H,20,21). The summed E-state index contributed by atoms with van der Waals surface area (Å²) in [6.07, 6.45) is 6.39. The maximum Gasteiger partial charge on any atom is 0.308 e. The van der Waals surface area contributed by atoms with Crippen molar-refractivity contribution in [2.45, 2.75) is 58.8 Å². The molecule has 0 aromatic heterocycles. The van der Waals surface area contributed by atoms with E-state index in [9.17, 15) is 14.7 Å². The van der Waals surface area contributed by atoms with Gasteiger partial charge >= 0.3 is 5.97 Å². The van der Waals surface area contributed by atoms with Crippen molar-refractivity contribution in [2.24, 2.45) is 17.8 Å². The van der Waals surface area contributed by atoms with Crippen LogP contribution in [-0.4, -0.2) is 36.7 Å². The summed E-state index contributed by atoms with van der Waals surface area (Å²) in [5, 5.41) is 12.2. The van der Waals surface area contributed by atoms with Crippen LogP contribution in [0, 0.1) is 17.8 Å². The Morgan fingerprint density at radius 2 is 1.95 bits per heavy atom. The number of ether oxygens (including phenoxy) is 1. The second kappa shape index (κ2) is 10.6. The van der Waals surface area contributed by atoms with Crippen LogP contribution in [0.2, 0.25) is 0 Å². The Morgan fingerprint density at radius 1 is 1.27 bits per heavy atom. The van der Waals surface area contributed by atoms with Gasteiger partial charge in [0.25, 0.3) is 0 Å². The van der Waals surface area contributed by atoms with Crippen LogP contribution >= 0.6 is 0 Å². The molecule has 5 heteroatoms. The average molecular weight is 313 g/mol. The lowest BCUT2D eigenvalue weighted by Crippen LogP contribution is -2.39. The molecule has 0 radical (unpaired) electrons. The fraction of sp³-hybridized carbons (Fsp3) is 0.882. The first kappa shape index (κ1) is 18.9. The lowest BCUT2D eigenvalue weighted by atomic mass is 9.86. The lowest BCUT2D eigenvalue weighted by Gasteiger charge is -2.27. The molecule has 5 nitrogen and oxygen atoms in total. The molecule has 0 aliphatic carbocycles. The second-order valence-electron chi connectivity index (χ2n) is 6.32. The van der Waals surface area contributed by atoms with Crippen LogP contribution < -0.4 is 5.32 Å². The highest BCUT2D eigenvalue weighted by molar-refractivity contribution is 5.77. The van der Waals surface area contributed by atoms with Gasteiger partial charge < -0.3 is 15.2 Å². The normalized spacial score (nSPS) is 18.6. The maximum absolute atomic E-state index is 12.1. The van der Waals surface area contributed by atoms with E-state index >= 15 is 0 Å². The number of hydrogen-bond donors (Lipinski definition) is 2. The Bertz CT molecular complexity index is 340. The van der Waals surface area contributed by atoms with Gasteiger partial charge in [0.1, 0.15) is 0 Å². The summed E-state index contributed by atoms with van der Waals surface area (Å²) in [4.78, 5) is 23.5. The molecule has 1 heterocycles. The number of nitrogens with one attached hydrogen (secondary N) is 1. The molecule has 0 spiro atoms. The number of rotatable bonds is 10. The van der Waals surface area contributed by atoms with Gasteiger partial charge in [-0.05, 0) is 31.1 Å². The zero-order chi connectivity index (χ0) is 16.4. The van der Waals surface area contributed by atoms with E-state index in [0.29, 0.717) is 25.6 Å². The second-order valence-corrected chi connectivity index (χ2v) is 6.32. The van der Waals surface area contributed by atoms with Gasteiger partial charge in [0.05, 0.1) is 5.92 Å². The van der Waals surface area contributed by atoms with Crippen molar-refractivity contribution < 1.29 is 19.4 Å². The summed E-state index contributed by atoms with van der Waals surface area (Å²) >= 11 is 0. The van der Waals surface area contributed by atoms with E-state index in [1.807, 2.05) is 0 Å². The predicted octanol–water partition coefficient (Wildman–Crippen LogP) is 2.84. The van der Waals surface area contributed by atoms with E-state index in [1.54, 1.807) is 0 Å². The van der Waals surface area contributed by atoms with E-state index in [0.717, 1.165) is 38.5 Å². The van der Waals surface area contributed by atoms with Gasteiger partial charge in [0.15, 0.2) is 0 Å². The minimum absolute atomic E-state index is 0.0127. The van der Waals surface area contributed by atoms with Crippen molar-refractivity contribution in [3.63, 3.8) is 0 Å². The third kappa shape index (κ3) is 6.77. The molecule has 1 amide bonds. The van der Waals surface area contributed by atoms with E-state index in [2.05, 4.69) is 19.2 Å². The summed E-state index contributed by atoms with van der Waals surface area (Å²) in [6.45, 7) is 5.74. The molecule has 2 atom stereocenters. The molecule has 1 rings (SSSR count). The third-order valence-corrected chi connectivity index (χ3v) is 4.69. The average Bonchev–Trinajstić information content (AvgIpc) is 2.52. The van der Waals surface area contributed by atoms with Crippen molar-refractivity contribution in [2.75, 3.05) is 19.8 Å².